The van der Waals surface area contributed by atoms with Crippen LogP contribution in [0, 0.1) is 0 Å². The van der Waals surface area contributed by atoms with Crippen molar-refractivity contribution in [3.63, 3.8) is 0 Å². The number of amides is 1. The Bertz CT molecular complexity index is 907. The zero-order valence-electron chi connectivity index (χ0n) is 14.7. The lowest BCUT2D eigenvalue weighted by atomic mass is 10.0. The highest BCUT2D eigenvalue weighted by atomic mass is 35.5. The number of nitrogen functional groups attached to an aromatic ring is 1. The fourth-order valence-corrected chi connectivity index (χ4v) is 2.83. The van der Waals surface area contributed by atoms with Crippen molar-refractivity contribution in [1.29, 1.82) is 0 Å². The van der Waals surface area contributed by atoms with Crippen LogP contribution in [0.2, 0.25) is 15.2 Å². The number of nitrogens with two attached hydrogens (primary N) is 1. The molecule has 0 fully saturated rings. The quantitative estimate of drug-likeness (QED) is 0.501. The highest BCUT2D eigenvalue weighted by molar-refractivity contribution is 6.46. The fraction of sp³-hybridized carbons (Fsp3) is 0.222. The van der Waals surface area contributed by atoms with E-state index in [1.165, 1.54) is 6.92 Å². The number of halogens is 3. The minimum absolute atomic E-state index is 0.0915. The predicted octanol–water partition coefficient (Wildman–Crippen LogP) is 3.10. The van der Waals surface area contributed by atoms with Gasteiger partial charge in [-0.1, -0.05) is 65.1 Å². The molecule has 0 aliphatic heterocycles. The van der Waals surface area contributed by atoms with E-state index in [0.29, 0.717) is 6.42 Å². The summed E-state index contributed by atoms with van der Waals surface area (Å²) in [5.74, 6) is -1.90. The van der Waals surface area contributed by atoms with E-state index in [1.54, 1.807) is 0 Å². The van der Waals surface area contributed by atoms with Crippen LogP contribution in [0.5, 0.6) is 0 Å². The molecule has 0 spiro atoms. The van der Waals surface area contributed by atoms with E-state index in [4.69, 9.17) is 45.3 Å². The third-order valence-electron chi connectivity index (χ3n) is 3.71. The summed E-state index contributed by atoms with van der Waals surface area (Å²) >= 11 is 17.5. The van der Waals surface area contributed by atoms with Gasteiger partial charge in [-0.15, -0.1) is 0 Å². The van der Waals surface area contributed by atoms with Crippen molar-refractivity contribution in [2.24, 2.45) is 0 Å². The first-order valence-corrected chi connectivity index (χ1v) is 9.15. The van der Waals surface area contributed by atoms with Gasteiger partial charge in [0, 0.05) is 0 Å². The standard InChI is InChI=1S/C18H16Cl3N3O4/c1-9(25)11(7-10-5-3-2-4-6-10)23-12(26)8-28-18(27)16-13(19)15(22)14(20)17(21)24-16/h2-6,11H,7-8H2,1H3,(H2,22,24)(H,23,26). The van der Waals surface area contributed by atoms with Crippen molar-refractivity contribution in [3.05, 3.63) is 56.8 Å². The summed E-state index contributed by atoms with van der Waals surface area (Å²) in [5.41, 5.74) is 6.02. The Morgan fingerprint density at radius 1 is 1.14 bits per heavy atom. The van der Waals surface area contributed by atoms with Crippen LogP contribution in [0.25, 0.3) is 0 Å². The topological polar surface area (TPSA) is 111 Å². The largest absolute Gasteiger partial charge is 0.451 e. The molecular formula is C18H16Cl3N3O4. The Hall–Kier alpha value is -2.35. The molecular weight excluding hydrogens is 429 g/mol. The van der Waals surface area contributed by atoms with Gasteiger partial charge in [0.2, 0.25) is 0 Å². The Labute approximate surface area is 176 Å². The first-order chi connectivity index (χ1) is 13.2. The predicted molar refractivity (Wildman–Crippen MR) is 107 cm³/mol. The number of esters is 1. The number of carbonyl (C=O) groups is 3. The van der Waals surface area contributed by atoms with Crippen molar-refractivity contribution in [3.8, 4) is 0 Å². The number of carbonyl (C=O) groups excluding carboxylic acids is 3. The van der Waals surface area contributed by atoms with E-state index < -0.39 is 24.5 Å². The first kappa shape index (κ1) is 21.9. The molecule has 1 aromatic heterocycles. The van der Waals surface area contributed by atoms with Crippen molar-refractivity contribution in [2.75, 3.05) is 12.3 Å². The molecule has 148 valence electrons. The van der Waals surface area contributed by atoms with E-state index in [0.717, 1.165) is 5.56 Å². The van der Waals surface area contributed by atoms with E-state index in [9.17, 15) is 14.4 Å². The van der Waals surface area contributed by atoms with Gasteiger partial charge < -0.3 is 15.8 Å². The molecule has 10 heteroatoms. The van der Waals surface area contributed by atoms with Crippen molar-refractivity contribution in [1.82, 2.24) is 10.3 Å². The number of ketones is 1. The second-order valence-corrected chi connectivity index (χ2v) is 6.90. The van der Waals surface area contributed by atoms with Crippen LogP contribution < -0.4 is 11.1 Å². The zero-order valence-corrected chi connectivity index (χ0v) is 16.9. The third kappa shape index (κ3) is 5.58. The average Bonchev–Trinajstić information content (AvgIpc) is 2.67. The number of hydrogen-bond donors (Lipinski definition) is 2. The maximum atomic E-state index is 12.1. The van der Waals surface area contributed by atoms with Crippen LogP contribution >= 0.6 is 34.8 Å². The van der Waals surface area contributed by atoms with Gasteiger partial charge in [-0.05, 0) is 18.9 Å². The molecule has 0 saturated carbocycles. The maximum Gasteiger partial charge on any atom is 0.359 e. The fourth-order valence-electron chi connectivity index (χ4n) is 2.25. The van der Waals surface area contributed by atoms with Crippen LogP contribution in [0.15, 0.2) is 30.3 Å². The highest BCUT2D eigenvalue weighted by Crippen LogP contribution is 2.34. The number of ether oxygens (including phenoxy) is 1. The summed E-state index contributed by atoms with van der Waals surface area (Å²) in [5, 5.41) is 1.98. The normalized spacial score (nSPS) is 11.6. The molecule has 0 saturated heterocycles. The molecule has 0 aliphatic carbocycles. The van der Waals surface area contributed by atoms with Crippen LogP contribution in [0.3, 0.4) is 0 Å². The summed E-state index contributed by atoms with van der Waals surface area (Å²) in [4.78, 5) is 39.7. The molecule has 0 radical (unpaired) electrons. The smallest absolute Gasteiger partial charge is 0.359 e. The van der Waals surface area contributed by atoms with Crippen molar-refractivity contribution < 1.29 is 19.1 Å². The molecule has 2 rings (SSSR count). The van der Waals surface area contributed by atoms with Gasteiger partial charge in [-0.2, -0.15) is 0 Å². The zero-order chi connectivity index (χ0) is 20.8. The molecule has 7 nitrogen and oxygen atoms in total. The number of benzene rings is 1. The van der Waals surface area contributed by atoms with Gasteiger partial charge in [0.1, 0.15) is 5.02 Å². The Morgan fingerprint density at radius 3 is 2.39 bits per heavy atom. The molecule has 1 heterocycles. The van der Waals surface area contributed by atoms with Gasteiger partial charge in [0.25, 0.3) is 5.91 Å². The monoisotopic (exact) mass is 443 g/mol. The third-order valence-corrected chi connectivity index (χ3v) is 4.84. The van der Waals surface area contributed by atoms with Crippen LogP contribution in [0.1, 0.15) is 23.0 Å². The average molecular weight is 445 g/mol. The molecule has 0 aliphatic rings. The van der Waals surface area contributed by atoms with E-state index in [2.05, 4.69) is 10.3 Å². The molecule has 28 heavy (non-hydrogen) atoms. The molecule has 2 aromatic rings. The Morgan fingerprint density at radius 2 is 1.79 bits per heavy atom. The minimum atomic E-state index is -1.01. The van der Waals surface area contributed by atoms with Crippen LogP contribution in [-0.4, -0.2) is 35.3 Å². The first-order valence-electron chi connectivity index (χ1n) is 8.01. The van der Waals surface area contributed by atoms with Crippen LogP contribution in [0.4, 0.5) is 5.69 Å². The molecule has 0 bridgehead atoms. The lowest BCUT2D eigenvalue weighted by Crippen LogP contribution is -2.43. The minimum Gasteiger partial charge on any atom is -0.451 e. The lowest BCUT2D eigenvalue weighted by molar-refractivity contribution is -0.128. The number of nitrogens with one attached hydrogen (secondary N) is 1. The van der Waals surface area contributed by atoms with Crippen molar-refractivity contribution >= 4 is 58.1 Å². The van der Waals surface area contributed by atoms with Crippen LogP contribution in [-0.2, 0) is 20.7 Å². The summed E-state index contributed by atoms with van der Waals surface area (Å²) in [6.45, 7) is 0.720. The van der Waals surface area contributed by atoms with Gasteiger partial charge in [-0.25, -0.2) is 9.78 Å². The molecule has 1 atom stereocenters. The number of pyridine rings is 1. The van der Waals surface area contributed by atoms with Crippen molar-refractivity contribution in [2.45, 2.75) is 19.4 Å². The summed E-state index contributed by atoms with van der Waals surface area (Å²) in [7, 11) is 0. The number of rotatable bonds is 7. The van der Waals surface area contributed by atoms with E-state index in [-0.39, 0.29) is 32.4 Å². The number of nitrogens with zero attached hydrogens (tertiary/aromatic N) is 1. The van der Waals surface area contributed by atoms with E-state index in [1.807, 2.05) is 30.3 Å². The number of Topliss-reactive ketones (excluding diaryl/α,β-unsaturated/α-hetero) is 1. The SMILES string of the molecule is CC(=O)C(Cc1ccccc1)NC(=O)COC(=O)c1nc(Cl)c(Cl)c(N)c1Cl. The Balaban J connectivity index is 1.99. The molecule has 1 amide bonds. The molecule has 1 unspecified atom stereocenters. The lowest BCUT2D eigenvalue weighted by Gasteiger charge is -2.16. The van der Waals surface area contributed by atoms with Gasteiger partial charge in [0.15, 0.2) is 23.2 Å². The van der Waals surface area contributed by atoms with Gasteiger partial charge in [-0.3, -0.25) is 9.59 Å². The van der Waals surface area contributed by atoms with Gasteiger partial charge in [0.05, 0.1) is 16.8 Å². The number of hydrogen-bond acceptors (Lipinski definition) is 6. The number of aromatic nitrogens is 1. The number of anilines is 1. The highest BCUT2D eigenvalue weighted by Gasteiger charge is 2.23. The molecule has 3 N–H and O–H groups in total. The Kier molecular flexibility index (Phi) is 7.62. The summed E-state index contributed by atoms with van der Waals surface area (Å²) in [6, 6.07) is 8.43. The second kappa shape index (κ2) is 9.73. The summed E-state index contributed by atoms with van der Waals surface area (Å²) < 4.78 is 4.88. The second-order valence-electron chi connectivity index (χ2n) is 5.79. The van der Waals surface area contributed by atoms with Gasteiger partial charge >= 0.3 is 5.97 Å². The molecule has 1 aromatic carbocycles. The maximum absolute atomic E-state index is 12.1. The van der Waals surface area contributed by atoms with E-state index >= 15 is 0 Å². The summed E-state index contributed by atoms with van der Waals surface area (Å²) in [6.07, 6.45) is 0.312.